The second-order valence-electron chi connectivity index (χ2n) is 11.0. The van der Waals surface area contributed by atoms with E-state index in [9.17, 15) is 27.2 Å². The first kappa shape index (κ1) is 36.9. The van der Waals surface area contributed by atoms with Crippen LogP contribution in [0.1, 0.15) is 53.7 Å². The molecule has 16 heteroatoms. The molecule has 1 aliphatic heterocycles. The number of nitrogens with zero attached hydrogens (tertiary/aromatic N) is 3. The zero-order chi connectivity index (χ0) is 31.5. The van der Waals surface area contributed by atoms with E-state index >= 15 is 0 Å². The quantitative estimate of drug-likeness (QED) is 0.266. The monoisotopic (exact) mass is 691 g/mol. The largest absolute Gasteiger partial charge is 0.489 e. The van der Waals surface area contributed by atoms with E-state index in [1.165, 1.54) is 23.1 Å². The van der Waals surface area contributed by atoms with Gasteiger partial charge in [0.25, 0.3) is 5.91 Å². The summed E-state index contributed by atoms with van der Waals surface area (Å²) in [5.74, 6) is -3.20. The van der Waals surface area contributed by atoms with Gasteiger partial charge in [0.15, 0.2) is 23.0 Å². The molecule has 1 saturated heterocycles. The highest BCUT2D eigenvalue weighted by molar-refractivity contribution is 5.97. The van der Waals surface area contributed by atoms with E-state index in [2.05, 4.69) is 15.0 Å². The Kier molecular flexibility index (Phi) is 12.7. The van der Waals surface area contributed by atoms with Crippen LogP contribution in [0.2, 0.25) is 0 Å². The van der Waals surface area contributed by atoms with Crippen LogP contribution in [0.5, 0.6) is 11.5 Å². The van der Waals surface area contributed by atoms with E-state index < -0.39 is 42.1 Å². The van der Waals surface area contributed by atoms with Crippen LogP contribution in [0.25, 0.3) is 11.5 Å². The molecule has 2 fully saturated rings. The van der Waals surface area contributed by atoms with E-state index in [0.717, 1.165) is 25.0 Å². The average Bonchev–Trinajstić information content (AvgIpc) is 3.70. The van der Waals surface area contributed by atoms with E-state index in [0.29, 0.717) is 44.8 Å². The van der Waals surface area contributed by atoms with E-state index in [1.54, 1.807) is 6.92 Å². The molecule has 2 aliphatic rings. The number of hydrogen-bond acceptors (Lipinski definition) is 8. The highest BCUT2D eigenvalue weighted by Gasteiger charge is 2.34. The van der Waals surface area contributed by atoms with Crippen LogP contribution in [0.4, 0.5) is 17.6 Å². The Labute approximate surface area is 275 Å². The summed E-state index contributed by atoms with van der Waals surface area (Å²) in [4.78, 5) is 35.1. The maximum atomic E-state index is 14.9. The SMILES string of the molecule is C[C@H](N)c1oc(-c2ccc(OC(F)F)c(OCC3CC3)c2)nc1C(=O)NC(C(=O)N1CCN(C)CC1)c1ccc(F)cc1F.Cl.Cl. The van der Waals surface area contributed by atoms with Gasteiger partial charge in [-0.1, -0.05) is 6.07 Å². The molecule has 2 atom stereocenters. The number of halogens is 6. The molecule has 0 spiro atoms. The van der Waals surface area contributed by atoms with Gasteiger partial charge in [-0.25, -0.2) is 13.8 Å². The first-order valence-electron chi connectivity index (χ1n) is 14.2. The number of carbonyl (C=O) groups is 2. The standard InChI is InChI=1S/C30H33F4N5O5.2ClH/c1-16(35)26-25(37-28(44-26)18-5-8-22(43-30(33)34)23(13-18)42-15-17-3-4-17)27(40)36-24(20-7-6-19(31)14-21(20)32)29(41)39-11-9-38(2)10-12-39;;/h5-8,13-14,16-17,24,30H,3-4,9-12,15,35H2,1-2H3,(H,36,40);2*1H/t16-,24?;;/m0../s1. The normalized spacial score (nSPS) is 16.2. The molecule has 2 amide bonds. The van der Waals surface area contributed by atoms with Gasteiger partial charge in [0, 0.05) is 43.4 Å². The summed E-state index contributed by atoms with van der Waals surface area (Å²) in [6.45, 7) is 0.645. The summed E-state index contributed by atoms with van der Waals surface area (Å²) in [6.07, 6.45) is 1.95. The van der Waals surface area contributed by atoms with Crippen LogP contribution >= 0.6 is 24.8 Å². The number of alkyl halides is 2. The number of aromatic nitrogens is 1. The first-order chi connectivity index (χ1) is 21.0. The Morgan fingerprint density at radius 1 is 1.07 bits per heavy atom. The predicted molar refractivity (Wildman–Crippen MR) is 165 cm³/mol. The Morgan fingerprint density at radius 3 is 2.37 bits per heavy atom. The first-order valence-corrected chi connectivity index (χ1v) is 14.2. The van der Waals surface area contributed by atoms with Crippen LogP contribution in [0.15, 0.2) is 40.8 Å². The minimum atomic E-state index is -3.07. The van der Waals surface area contributed by atoms with Crippen molar-refractivity contribution in [2.24, 2.45) is 11.7 Å². The van der Waals surface area contributed by atoms with Crippen LogP contribution in [0.3, 0.4) is 0 Å². The molecule has 1 unspecified atom stereocenters. The van der Waals surface area contributed by atoms with Gasteiger partial charge in [0.1, 0.15) is 17.7 Å². The van der Waals surface area contributed by atoms with Gasteiger partial charge >= 0.3 is 6.61 Å². The number of carbonyl (C=O) groups excluding carboxylic acids is 2. The number of piperazine rings is 1. The highest BCUT2D eigenvalue weighted by Crippen LogP contribution is 2.37. The number of amides is 2. The van der Waals surface area contributed by atoms with E-state index in [-0.39, 0.29) is 64.8 Å². The molecule has 5 rings (SSSR count). The topological polar surface area (TPSA) is 123 Å². The molecule has 2 heterocycles. The van der Waals surface area contributed by atoms with Crippen molar-refractivity contribution in [3.05, 3.63) is 65.1 Å². The second kappa shape index (κ2) is 15.8. The predicted octanol–water partition coefficient (Wildman–Crippen LogP) is 5.12. The Hall–Kier alpha value is -3.59. The fourth-order valence-electron chi connectivity index (χ4n) is 4.78. The highest BCUT2D eigenvalue weighted by atomic mass is 35.5. The Morgan fingerprint density at radius 2 is 1.76 bits per heavy atom. The maximum Gasteiger partial charge on any atom is 0.387 e. The van der Waals surface area contributed by atoms with Gasteiger partial charge in [-0.15, -0.1) is 24.8 Å². The lowest BCUT2D eigenvalue weighted by atomic mass is 10.0. The molecule has 1 saturated carbocycles. The number of likely N-dealkylation sites (N-methyl/N-ethyl adjacent to an activating group) is 1. The fourth-order valence-corrected chi connectivity index (χ4v) is 4.78. The molecule has 3 aromatic rings. The third kappa shape index (κ3) is 8.81. The number of rotatable bonds is 11. The van der Waals surface area contributed by atoms with E-state index in [4.69, 9.17) is 14.9 Å². The van der Waals surface area contributed by atoms with Crippen molar-refractivity contribution < 1.29 is 41.0 Å². The summed E-state index contributed by atoms with van der Waals surface area (Å²) in [7, 11) is 1.90. The van der Waals surface area contributed by atoms with Gasteiger partial charge in [-0.05, 0) is 57.0 Å². The summed E-state index contributed by atoms with van der Waals surface area (Å²) in [5, 5.41) is 2.55. The molecular weight excluding hydrogens is 657 g/mol. The molecule has 0 bridgehead atoms. The third-order valence-electron chi connectivity index (χ3n) is 7.47. The molecule has 252 valence electrons. The summed E-state index contributed by atoms with van der Waals surface area (Å²) >= 11 is 0. The third-order valence-corrected chi connectivity index (χ3v) is 7.47. The van der Waals surface area contributed by atoms with Crippen molar-refractivity contribution >= 4 is 36.6 Å². The van der Waals surface area contributed by atoms with Crippen molar-refractivity contribution in [1.29, 1.82) is 0 Å². The smallest absolute Gasteiger partial charge is 0.387 e. The molecule has 1 aliphatic carbocycles. The zero-order valence-electron chi connectivity index (χ0n) is 25.0. The lowest BCUT2D eigenvalue weighted by Gasteiger charge is -2.35. The van der Waals surface area contributed by atoms with Gasteiger partial charge < -0.3 is 34.7 Å². The average molecular weight is 693 g/mol. The maximum absolute atomic E-state index is 14.9. The van der Waals surface area contributed by atoms with Crippen LogP contribution < -0.4 is 20.5 Å². The zero-order valence-corrected chi connectivity index (χ0v) is 26.6. The molecule has 3 N–H and O–H groups in total. The number of nitrogens with one attached hydrogen (secondary N) is 1. The van der Waals surface area contributed by atoms with Crippen LogP contribution in [-0.2, 0) is 4.79 Å². The lowest BCUT2D eigenvalue weighted by Crippen LogP contribution is -2.51. The van der Waals surface area contributed by atoms with Crippen molar-refractivity contribution in [1.82, 2.24) is 20.1 Å². The van der Waals surface area contributed by atoms with Crippen molar-refractivity contribution in [2.75, 3.05) is 39.8 Å². The minimum absolute atomic E-state index is 0. The number of oxazole rings is 1. The molecule has 46 heavy (non-hydrogen) atoms. The van der Waals surface area contributed by atoms with Gasteiger partial charge in [-0.2, -0.15) is 8.78 Å². The number of nitrogens with two attached hydrogens (primary N) is 1. The van der Waals surface area contributed by atoms with E-state index in [1.807, 2.05) is 11.9 Å². The van der Waals surface area contributed by atoms with Gasteiger partial charge in [0.2, 0.25) is 11.8 Å². The minimum Gasteiger partial charge on any atom is -0.489 e. The van der Waals surface area contributed by atoms with Crippen LogP contribution in [0, 0.1) is 17.6 Å². The summed E-state index contributed by atoms with van der Waals surface area (Å²) < 4.78 is 70.8. The molecule has 2 aromatic carbocycles. The van der Waals surface area contributed by atoms with Crippen LogP contribution in [-0.4, -0.2) is 73.0 Å². The Balaban J connectivity index is 0.00000288. The summed E-state index contributed by atoms with van der Waals surface area (Å²) in [6, 6.07) is 4.51. The number of hydrogen-bond donors (Lipinski definition) is 2. The molecule has 0 radical (unpaired) electrons. The number of benzene rings is 2. The van der Waals surface area contributed by atoms with Crippen molar-refractivity contribution in [3.63, 3.8) is 0 Å². The molecule has 1 aromatic heterocycles. The van der Waals surface area contributed by atoms with Crippen molar-refractivity contribution in [3.8, 4) is 23.0 Å². The van der Waals surface area contributed by atoms with Crippen molar-refractivity contribution in [2.45, 2.75) is 38.5 Å². The second-order valence-corrected chi connectivity index (χ2v) is 11.0. The Bertz CT molecular complexity index is 1520. The fraction of sp³-hybridized carbons (Fsp3) is 0.433. The number of ether oxygens (including phenoxy) is 2. The summed E-state index contributed by atoms with van der Waals surface area (Å²) in [5.41, 5.74) is 5.89. The lowest BCUT2D eigenvalue weighted by molar-refractivity contribution is -0.135. The van der Waals surface area contributed by atoms with Gasteiger partial charge in [0.05, 0.1) is 12.6 Å². The van der Waals surface area contributed by atoms with Gasteiger partial charge in [-0.3, -0.25) is 9.59 Å². The molecule has 10 nitrogen and oxygen atoms in total. The molecular formula is C30H35Cl2F4N5O5.